The molecule has 10 heteroatoms. The Labute approximate surface area is 89.8 Å². The van der Waals surface area contributed by atoms with Crippen LogP contribution in [0.25, 0.3) is 0 Å². The molecule has 0 aromatic rings. The van der Waals surface area contributed by atoms with Crippen molar-refractivity contribution in [1.29, 1.82) is 0 Å². The summed E-state index contributed by atoms with van der Waals surface area (Å²) < 4.78 is 16.2. The van der Waals surface area contributed by atoms with Gasteiger partial charge in [-0.3, -0.25) is 0 Å². The zero-order chi connectivity index (χ0) is 10.6. The summed E-state index contributed by atoms with van der Waals surface area (Å²) in [5, 5.41) is 0. The van der Waals surface area contributed by atoms with Crippen LogP contribution >= 0.6 is 0 Å². The molecule has 14 heavy (non-hydrogen) atoms. The fourth-order valence-electron chi connectivity index (χ4n) is 0.254. The van der Waals surface area contributed by atoms with Crippen LogP contribution in [-0.4, -0.2) is 23.9 Å². The number of hydrogen-bond acceptors (Lipinski definition) is 8. The van der Waals surface area contributed by atoms with Crippen molar-refractivity contribution in [2.24, 2.45) is 0 Å². The predicted octanol–water partition coefficient (Wildman–Crippen LogP) is -2.00. The number of carbonyl (C=O) groups excluding carboxylic acids is 4. The fraction of sp³-hybridized carbons (Fsp3) is 0. The van der Waals surface area contributed by atoms with E-state index in [1.165, 1.54) is 0 Å². The van der Waals surface area contributed by atoms with Crippen LogP contribution in [0.5, 0.6) is 0 Å². The fourth-order valence-corrected chi connectivity index (χ4v) is 1.05. The van der Waals surface area contributed by atoms with E-state index in [1.54, 1.807) is 0 Å². The Morgan fingerprint density at radius 3 is 0.857 bits per heavy atom. The third-order valence-electron chi connectivity index (χ3n) is 0.713. The summed E-state index contributed by atoms with van der Waals surface area (Å²) >= 11 is -0.449. The van der Waals surface area contributed by atoms with Gasteiger partial charge in [-0.15, -0.1) is 0 Å². The molecule has 0 amide bonds. The van der Waals surface area contributed by atoms with Gasteiger partial charge in [-0.05, 0) is 0 Å². The SMILES string of the molecule is O=C1[O][Fe][O]C1=O.O=C1[O][Fe][O]C1=O. The molecule has 2 rings (SSSR count). The van der Waals surface area contributed by atoms with Crippen LogP contribution in [0, 0.1) is 0 Å². The molecular weight excluding hydrogens is 288 g/mol. The molecule has 2 aliphatic rings. The molecule has 80 valence electrons. The van der Waals surface area contributed by atoms with Gasteiger partial charge in [0.1, 0.15) is 0 Å². The van der Waals surface area contributed by atoms with E-state index in [1.807, 2.05) is 0 Å². The standard InChI is InChI=1S/2C2H2O4.2Fe/c2*3-1(4)2(5)6;;/h2*(H,3,4)(H,5,6);;/q;;2*+2/p-4. The molecule has 2 aliphatic heterocycles. The Morgan fingerprint density at radius 2 is 0.786 bits per heavy atom. The Kier molecular flexibility index (Phi) is 3.90. The van der Waals surface area contributed by atoms with Gasteiger partial charge in [-0.25, -0.2) is 0 Å². The van der Waals surface area contributed by atoms with Crippen LogP contribution in [0.2, 0.25) is 0 Å². The maximum atomic E-state index is 9.88. The van der Waals surface area contributed by atoms with Gasteiger partial charge in [-0.1, -0.05) is 0 Å². The molecule has 0 aliphatic carbocycles. The molecule has 2 saturated heterocycles. The topological polar surface area (TPSA) is 105 Å². The Balaban J connectivity index is 0.000000140. The molecular formula is C4Fe2O8. The summed E-state index contributed by atoms with van der Waals surface area (Å²) in [7, 11) is 0. The molecule has 2 heterocycles. The van der Waals surface area contributed by atoms with Crippen molar-refractivity contribution in [2.75, 3.05) is 0 Å². The molecule has 0 saturated carbocycles. The van der Waals surface area contributed by atoms with Crippen LogP contribution in [0.1, 0.15) is 0 Å². The van der Waals surface area contributed by atoms with Gasteiger partial charge < -0.3 is 0 Å². The third-order valence-corrected chi connectivity index (χ3v) is 1.90. The van der Waals surface area contributed by atoms with E-state index < -0.39 is 23.9 Å². The summed E-state index contributed by atoms with van der Waals surface area (Å²) in [5.74, 6) is -3.61. The Hall–Kier alpha value is -1.08. The van der Waals surface area contributed by atoms with E-state index in [4.69, 9.17) is 0 Å². The molecule has 0 radical (unpaired) electrons. The van der Waals surface area contributed by atoms with E-state index >= 15 is 0 Å². The van der Waals surface area contributed by atoms with Crippen LogP contribution in [0.4, 0.5) is 0 Å². The molecule has 0 bridgehead atoms. The zero-order valence-electron chi connectivity index (χ0n) is 5.97. The Bertz CT molecular complexity index is 240. The van der Waals surface area contributed by atoms with Crippen molar-refractivity contribution in [3.63, 3.8) is 0 Å². The summed E-state index contributed by atoms with van der Waals surface area (Å²) in [6, 6.07) is 0. The average molecular weight is 288 g/mol. The van der Waals surface area contributed by atoms with E-state index in [2.05, 4.69) is 15.3 Å². The minimum atomic E-state index is -0.903. The van der Waals surface area contributed by atoms with Crippen molar-refractivity contribution in [2.45, 2.75) is 0 Å². The summed E-state index contributed by atoms with van der Waals surface area (Å²) in [5.41, 5.74) is 0. The van der Waals surface area contributed by atoms with Gasteiger partial charge in [0.25, 0.3) is 0 Å². The monoisotopic (exact) mass is 288 g/mol. The number of hydrogen-bond donors (Lipinski definition) is 0. The third kappa shape index (κ3) is 3.00. The average Bonchev–Trinajstić information content (AvgIpc) is 2.67. The minimum absolute atomic E-state index is 0.225. The zero-order valence-corrected chi connectivity index (χ0v) is 8.18. The second kappa shape index (κ2) is 4.96. The summed E-state index contributed by atoms with van der Waals surface area (Å²) in [6.07, 6.45) is 0. The Morgan fingerprint density at radius 1 is 0.571 bits per heavy atom. The van der Waals surface area contributed by atoms with Gasteiger partial charge in [0.05, 0.1) is 0 Å². The van der Waals surface area contributed by atoms with E-state index in [9.17, 15) is 19.2 Å². The van der Waals surface area contributed by atoms with Crippen LogP contribution in [0.3, 0.4) is 0 Å². The summed E-state index contributed by atoms with van der Waals surface area (Å²) in [6.45, 7) is 0. The molecule has 0 aromatic heterocycles. The van der Waals surface area contributed by atoms with Gasteiger partial charge in [0.2, 0.25) is 0 Å². The van der Waals surface area contributed by atoms with Crippen molar-refractivity contribution >= 4 is 23.9 Å². The van der Waals surface area contributed by atoms with Crippen molar-refractivity contribution < 1.29 is 65.7 Å². The van der Waals surface area contributed by atoms with E-state index in [-0.39, 0.29) is 31.2 Å². The quantitative estimate of drug-likeness (QED) is 0.372. The molecule has 0 atom stereocenters. The van der Waals surface area contributed by atoms with Crippen molar-refractivity contribution in [3.8, 4) is 0 Å². The van der Waals surface area contributed by atoms with Crippen LogP contribution < -0.4 is 0 Å². The second-order valence-corrected chi connectivity index (χ2v) is 2.83. The molecule has 0 aromatic carbocycles. The first-order valence-electron chi connectivity index (χ1n) is 2.71. The van der Waals surface area contributed by atoms with Gasteiger partial charge in [0, 0.05) is 0 Å². The molecule has 0 unspecified atom stereocenters. The van der Waals surface area contributed by atoms with Crippen molar-refractivity contribution in [3.05, 3.63) is 0 Å². The maximum absolute atomic E-state index is 9.88. The number of rotatable bonds is 0. The summed E-state index contributed by atoms with van der Waals surface area (Å²) in [4.78, 5) is 39.5. The van der Waals surface area contributed by atoms with Gasteiger partial charge in [0.15, 0.2) is 0 Å². The van der Waals surface area contributed by atoms with E-state index in [0.29, 0.717) is 0 Å². The van der Waals surface area contributed by atoms with Gasteiger partial charge >= 0.3 is 89.6 Å². The van der Waals surface area contributed by atoms with Crippen LogP contribution in [-0.2, 0) is 65.7 Å². The van der Waals surface area contributed by atoms with E-state index in [0.717, 1.165) is 0 Å². The van der Waals surface area contributed by atoms with Crippen LogP contribution in [0.15, 0.2) is 0 Å². The van der Waals surface area contributed by atoms with Gasteiger partial charge in [-0.2, -0.15) is 0 Å². The first kappa shape index (κ1) is 11.0. The van der Waals surface area contributed by atoms with Crippen molar-refractivity contribution in [1.82, 2.24) is 0 Å². The first-order chi connectivity index (χ1) is 6.61. The normalized spacial score (nSPS) is 20.0. The predicted molar refractivity (Wildman–Crippen MR) is 24.4 cm³/mol. The molecule has 8 nitrogen and oxygen atoms in total. The first-order valence-corrected chi connectivity index (χ1v) is 4.51. The molecule has 0 spiro atoms. The molecule has 2 fully saturated rings. The number of carbonyl (C=O) groups is 4. The molecule has 0 N–H and O–H groups in total. The second-order valence-electron chi connectivity index (χ2n) is 1.56.